The molecule has 0 atom stereocenters. The Balaban J connectivity index is 2.05. The summed E-state index contributed by atoms with van der Waals surface area (Å²) < 4.78 is 0. The molecule has 1 aliphatic carbocycles. The molecule has 0 saturated heterocycles. The van der Waals surface area contributed by atoms with Crippen LogP contribution in [0.4, 0.5) is 11.5 Å². The molecule has 1 aromatic carbocycles. The van der Waals surface area contributed by atoms with Gasteiger partial charge in [0.25, 0.3) is 0 Å². The van der Waals surface area contributed by atoms with Gasteiger partial charge in [-0.1, -0.05) is 23.7 Å². The minimum Gasteiger partial charge on any atom is -0.338 e. The van der Waals surface area contributed by atoms with Crippen molar-refractivity contribution in [3.63, 3.8) is 0 Å². The zero-order valence-corrected chi connectivity index (χ0v) is 12.0. The molecule has 4 heteroatoms. The van der Waals surface area contributed by atoms with Gasteiger partial charge in [0, 0.05) is 5.69 Å². The molecule has 1 aromatic heterocycles. The van der Waals surface area contributed by atoms with Crippen molar-refractivity contribution >= 4 is 23.1 Å². The van der Waals surface area contributed by atoms with Crippen LogP contribution < -0.4 is 5.32 Å². The molecule has 0 fully saturated rings. The molecule has 100 valence electrons. The average Bonchev–Trinajstić information content (AvgIpc) is 2.89. The summed E-state index contributed by atoms with van der Waals surface area (Å²) in [7, 11) is 0. The molecule has 0 saturated carbocycles. The summed E-state index contributed by atoms with van der Waals surface area (Å²) in [5.74, 6) is 0.601. The number of fused-ring (bicyclic) bond motifs is 1. The Bertz CT molecular complexity index is 696. The van der Waals surface area contributed by atoms with Gasteiger partial charge in [-0.3, -0.25) is 0 Å². The van der Waals surface area contributed by atoms with Crippen LogP contribution in [0, 0.1) is 18.3 Å². The first-order valence-electron chi connectivity index (χ1n) is 6.64. The molecule has 1 aliphatic rings. The zero-order chi connectivity index (χ0) is 14.1. The maximum atomic E-state index is 9.30. The van der Waals surface area contributed by atoms with Crippen LogP contribution in [0.25, 0.3) is 0 Å². The Morgan fingerprint density at radius 3 is 2.95 bits per heavy atom. The van der Waals surface area contributed by atoms with E-state index in [1.807, 2.05) is 31.2 Å². The highest BCUT2D eigenvalue weighted by atomic mass is 35.5. The molecular weight excluding hydrogens is 270 g/mol. The number of benzene rings is 1. The van der Waals surface area contributed by atoms with Crippen molar-refractivity contribution in [2.24, 2.45) is 0 Å². The van der Waals surface area contributed by atoms with Gasteiger partial charge in [0.2, 0.25) is 0 Å². The van der Waals surface area contributed by atoms with Crippen molar-refractivity contribution in [1.29, 1.82) is 5.26 Å². The first kappa shape index (κ1) is 13.0. The van der Waals surface area contributed by atoms with Crippen LogP contribution >= 0.6 is 11.6 Å². The molecule has 1 heterocycles. The number of aromatic nitrogens is 1. The molecule has 3 nitrogen and oxygen atoms in total. The average molecular weight is 284 g/mol. The van der Waals surface area contributed by atoms with Crippen molar-refractivity contribution in [1.82, 2.24) is 4.98 Å². The quantitative estimate of drug-likeness (QED) is 0.901. The Hall–Kier alpha value is -2.05. The van der Waals surface area contributed by atoms with Gasteiger partial charge in [-0.05, 0) is 49.4 Å². The monoisotopic (exact) mass is 283 g/mol. The molecule has 3 rings (SSSR count). The van der Waals surface area contributed by atoms with E-state index in [-0.39, 0.29) is 0 Å². The maximum absolute atomic E-state index is 9.30. The third-order valence-electron chi connectivity index (χ3n) is 3.64. The fraction of sp³-hybridized carbons (Fsp3) is 0.250. The summed E-state index contributed by atoms with van der Waals surface area (Å²) in [6.07, 6.45) is 3.11. The highest BCUT2D eigenvalue weighted by Crippen LogP contribution is 2.31. The van der Waals surface area contributed by atoms with E-state index in [0.717, 1.165) is 36.2 Å². The fourth-order valence-corrected chi connectivity index (χ4v) is 2.83. The Labute approximate surface area is 123 Å². The van der Waals surface area contributed by atoms with Crippen LogP contribution in [-0.4, -0.2) is 4.98 Å². The van der Waals surface area contributed by atoms with Crippen molar-refractivity contribution in [3.8, 4) is 6.07 Å². The number of hydrogen-bond acceptors (Lipinski definition) is 3. The molecule has 0 aliphatic heterocycles. The van der Waals surface area contributed by atoms with Gasteiger partial charge in [-0.2, -0.15) is 5.26 Å². The summed E-state index contributed by atoms with van der Waals surface area (Å²) in [5, 5.41) is 13.2. The Morgan fingerprint density at radius 2 is 2.20 bits per heavy atom. The number of nitrogens with zero attached hydrogens (tertiary/aromatic N) is 2. The van der Waals surface area contributed by atoms with Crippen LogP contribution in [0.3, 0.4) is 0 Å². The van der Waals surface area contributed by atoms with E-state index in [4.69, 9.17) is 11.6 Å². The second kappa shape index (κ2) is 5.15. The summed E-state index contributed by atoms with van der Waals surface area (Å²) >= 11 is 6.22. The number of hydrogen-bond donors (Lipinski definition) is 1. The first-order valence-corrected chi connectivity index (χ1v) is 7.02. The van der Waals surface area contributed by atoms with Crippen molar-refractivity contribution in [2.75, 3.05) is 5.32 Å². The molecule has 0 unspecified atom stereocenters. The highest BCUT2D eigenvalue weighted by molar-refractivity contribution is 6.33. The molecule has 0 radical (unpaired) electrons. The molecule has 0 spiro atoms. The second-order valence-corrected chi connectivity index (χ2v) is 5.42. The summed E-state index contributed by atoms with van der Waals surface area (Å²) in [5.41, 5.74) is 4.71. The summed E-state index contributed by atoms with van der Waals surface area (Å²) in [4.78, 5) is 4.61. The molecule has 0 amide bonds. The van der Waals surface area contributed by atoms with E-state index in [2.05, 4.69) is 16.4 Å². The molecule has 20 heavy (non-hydrogen) atoms. The van der Waals surface area contributed by atoms with Crippen LogP contribution in [0.2, 0.25) is 5.02 Å². The van der Waals surface area contributed by atoms with Crippen LogP contribution in [-0.2, 0) is 12.8 Å². The molecule has 1 N–H and O–H groups in total. The van der Waals surface area contributed by atoms with Gasteiger partial charge < -0.3 is 5.32 Å². The van der Waals surface area contributed by atoms with Crippen molar-refractivity contribution in [3.05, 3.63) is 51.7 Å². The predicted octanol–water partition coefficient (Wildman–Crippen LogP) is 4.15. The number of rotatable bonds is 2. The van der Waals surface area contributed by atoms with E-state index in [9.17, 15) is 5.26 Å². The standard InChI is InChI=1S/C16H14ClN3/c1-10-4-2-6-13(17)15(10)20-16-12(9-18)8-11-5-3-7-14(11)19-16/h2,4,6,8H,3,5,7H2,1H3,(H,19,20). The van der Waals surface area contributed by atoms with Gasteiger partial charge in [0.15, 0.2) is 0 Å². The minimum absolute atomic E-state index is 0.574. The number of nitriles is 1. The van der Waals surface area contributed by atoms with Crippen LogP contribution in [0.1, 0.15) is 28.8 Å². The minimum atomic E-state index is 0.574. The number of aryl methyl sites for hydroxylation is 3. The zero-order valence-electron chi connectivity index (χ0n) is 11.2. The number of halogens is 1. The van der Waals surface area contributed by atoms with E-state index in [1.165, 1.54) is 5.56 Å². The van der Waals surface area contributed by atoms with E-state index in [1.54, 1.807) is 0 Å². The first-order chi connectivity index (χ1) is 9.69. The van der Waals surface area contributed by atoms with Gasteiger partial charge in [-0.15, -0.1) is 0 Å². The smallest absolute Gasteiger partial charge is 0.148 e. The van der Waals surface area contributed by atoms with Crippen LogP contribution in [0.5, 0.6) is 0 Å². The lowest BCUT2D eigenvalue weighted by atomic mass is 10.1. The number of pyridine rings is 1. The largest absolute Gasteiger partial charge is 0.338 e. The topological polar surface area (TPSA) is 48.7 Å². The van der Waals surface area contributed by atoms with Crippen molar-refractivity contribution < 1.29 is 0 Å². The lowest BCUT2D eigenvalue weighted by Gasteiger charge is -2.13. The third kappa shape index (κ3) is 2.23. The number of nitrogens with one attached hydrogen (secondary N) is 1. The van der Waals surface area contributed by atoms with Crippen molar-refractivity contribution in [2.45, 2.75) is 26.2 Å². The Morgan fingerprint density at radius 1 is 1.35 bits per heavy atom. The van der Waals surface area contributed by atoms with Crippen LogP contribution in [0.15, 0.2) is 24.3 Å². The van der Waals surface area contributed by atoms with Gasteiger partial charge >= 0.3 is 0 Å². The summed E-state index contributed by atoms with van der Waals surface area (Å²) in [6, 6.07) is 9.88. The highest BCUT2D eigenvalue weighted by Gasteiger charge is 2.17. The van der Waals surface area contributed by atoms with E-state index in [0.29, 0.717) is 16.4 Å². The third-order valence-corrected chi connectivity index (χ3v) is 3.95. The normalized spacial score (nSPS) is 12.8. The van der Waals surface area contributed by atoms with Gasteiger partial charge in [0.1, 0.15) is 11.9 Å². The Kier molecular flexibility index (Phi) is 3.33. The number of anilines is 2. The molecular formula is C16H14ClN3. The summed E-state index contributed by atoms with van der Waals surface area (Å²) in [6.45, 7) is 1.98. The fourth-order valence-electron chi connectivity index (χ4n) is 2.56. The lowest BCUT2D eigenvalue weighted by Crippen LogP contribution is -2.02. The molecule has 2 aromatic rings. The molecule has 0 bridgehead atoms. The SMILES string of the molecule is Cc1cccc(Cl)c1Nc1nc2c(cc1C#N)CCC2. The van der Waals surface area contributed by atoms with Gasteiger partial charge in [-0.25, -0.2) is 4.98 Å². The maximum Gasteiger partial charge on any atom is 0.148 e. The van der Waals surface area contributed by atoms with Gasteiger partial charge in [0.05, 0.1) is 16.3 Å². The number of para-hydroxylation sites is 1. The second-order valence-electron chi connectivity index (χ2n) is 5.01. The lowest BCUT2D eigenvalue weighted by molar-refractivity contribution is 0.900. The van der Waals surface area contributed by atoms with E-state index < -0.39 is 0 Å². The van der Waals surface area contributed by atoms with E-state index >= 15 is 0 Å². The predicted molar refractivity (Wildman–Crippen MR) is 80.4 cm³/mol.